The molecule has 1 saturated heterocycles. The van der Waals surface area contributed by atoms with E-state index in [1.807, 2.05) is 79.3 Å². The van der Waals surface area contributed by atoms with E-state index in [0.717, 1.165) is 65.1 Å². The molecule has 13 nitrogen and oxygen atoms in total. The number of amides is 2. The average molecular weight is 708 g/mol. The van der Waals surface area contributed by atoms with Crippen LogP contribution in [0.3, 0.4) is 0 Å². The summed E-state index contributed by atoms with van der Waals surface area (Å²) in [7, 11) is 4.03. The van der Waals surface area contributed by atoms with Crippen molar-refractivity contribution in [2.45, 2.75) is 64.1 Å². The monoisotopic (exact) mass is 707 g/mol. The lowest BCUT2D eigenvalue weighted by atomic mass is 9.85. The topological polar surface area (TPSA) is 123 Å². The van der Waals surface area contributed by atoms with Crippen LogP contribution in [-0.4, -0.2) is 88.4 Å². The van der Waals surface area contributed by atoms with E-state index in [2.05, 4.69) is 70.5 Å². The number of hydrogen-bond acceptors (Lipinski definition) is 9. The Bertz CT molecular complexity index is 2020. The number of ether oxygens (including phenoxy) is 3. The van der Waals surface area contributed by atoms with E-state index in [9.17, 15) is 4.79 Å². The highest BCUT2D eigenvalue weighted by Gasteiger charge is 2.31. The van der Waals surface area contributed by atoms with Gasteiger partial charge < -0.3 is 29.3 Å². The van der Waals surface area contributed by atoms with Crippen LogP contribution in [0.5, 0.6) is 11.5 Å². The van der Waals surface area contributed by atoms with Crippen LogP contribution in [0, 0.1) is 0 Å². The summed E-state index contributed by atoms with van der Waals surface area (Å²) in [5, 5.41) is 20.1. The van der Waals surface area contributed by atoms with Crippen molar-refractivity contribution in [1.82, 2.24) is 34.6 Å². The van der Waals surface area contributed by atoms with Crippen molar-refractivity contribution in [2.75, 3.05) is 57.2 Å². The minimum absolute atomic E-state index is 0.181. The third kappa shape index (κ3) is 7.70. The van der Waals surface area contributed by atoms with Gasteiger partial charge in [0.1, 0.15) is 30.0 Å². The number of morpholine rings is 1. The zero-order chi connectivity index (χ0) is 36.4. The molecule has 5 aromatic rings. The first-order chi connectivity index (χ1) is 25.0. The van der Waals surface area contributed by atoms with Crippen molar-refractivity contribution in [3.63, 3.8) is 0 Å². The van der Waals surface area contributed by atoms with Crippen molar-refractivity contribution in [2.24, 2.45) is 0 Å². The van der Waals surface area contributed by atoms with Gasteiger partial charge in [0.05, 0.1) is 42.9 Å². The molecular formula is C39H49N9O4. The Morgan fingerprint density at radius 3 is 2.62 bits per heavy atom. The predicted octanol–water partition coefficient (Wildman–Crippen LogP) is 6.15. The molecule has 2 amide bonds. The fraction of sp³-hybridized carbons (Fsp3) is 0.436. The summed E-state index contributed by atoms with van der Waals surface area (Å²) in [5.74, 6) is 2.83. The van der Waals surface area contributed by atoms with E-state index in [0.29, 0.717) is 32.1 Å². The zero-order valence-corrected chi connectivity index (χ0v) is 30.9. The summed E-state index contributed by atoms with van der Waals surface area (Å²) in [6, 6.07) is 21.5. The molecule has 2 aromatic carbocycles. The molecule has 2 N–H and O–H groups in total. The van der Waals surface area contributed by atoms with Crippen LogP contribution in [0.4, 0.5) is 16.6 Å². The molecule has 4 heterocycles. The van der Waals surface area contributed by atoms with Gasteiger partial charge in [0.25, 0.3) is 0 Å². The third-order valence-corrected chi connectivity index (χ3v) is 9.59. The maximum absolute atomic E-state index is 13.7. The van der Waals surface area contributed by atoms with Crippen molar-refractivity contribution >= 4 is 23.4 Å². The van der Waals surface area contributed by atoms with Gasteiger partial charge in [-0.2, -0.15) is 5.10 Å². The van der Waals surface area contributed by atoms with Crippen LogP contribution in [0.15, 0.2) is 72.9 Å². The summed E-state index contributed by atoms with van der Waals surface area (Å²) < 4.78 is 22.0. The number of nitrogens with one attached hydrogen (secondary N) is 2. The fourth-order valence-electron chi connectivity index (χ4n) is 6.73. The lowest BCUT2D eigenvalue weighted by Crippen LogP contribution is -2.44. The Morgan fingerprint density at radius 2 is 1.83 bits per heavy atom. The minimum atomic E-state index is -0.304. The molecule has 0 saturated carbocycles. The summed E-state index contributed by atoms with van der Waals surface area (Å²) in [6.45, 7) is 11.9. The number of urea groups is 1. The van der Waals surface area contributed by atoms with Crippen molar-refractivity contribution in [3.05, 3.63) is 89.7 Å². The van der Waals surface area contributed by atoms with Crippen molar-refractivity contribution in [1.29, 1.82) is 0 Å². The van der Waals surface area contributed by atoms with Crippen LogP contribution < -0.4 is 25.0 Å². The molecule has 52 heavy (non-hydrogen) atoms. The number of pyridine rings is 1. The van der Waals surface area contributed by atoms with E-state index in [-0.39, 0.29) is 29.6 Å². The minimum Gasteiger partial charge on any atom is -0.492 e. The number of rotatable bonds is 10. The van der Waals surface area contributed by atoms with Crippen LogP contribution in [0.2, 0.25) is 0 Å². The largest absolute Gasteiger partial charge is 0.492 e. The Morgan fingerprint density at radius 1 is 1.00 bits per heavy atom. The van der Waals surface area contributed by atoms with Crippen LogP contribution >= 0.6 is 0 Å². The molecule has 0 unspecified atom stereocenters. The molecule has 0 bridgehead atoms. The summed E-state index contributed by atoms with van der Waals surface area (Å²) >= 11 is 0. The highest BCUT2D eigenvalue weighted by molar-refractivity contribution is 5.89. The second-order valence-electron chi connectivity index (χ2n) is 14.9. The lowest BCUT2D eigenvalue weighted by molar-refractivity contribution is 0.0980. The SMILES string of the molecule is C[C@H]1COCCN1c1nnc2ccc(O[C@@H]3CC[C@H](NC(=O)Nc4cc(C(C)(C)C)nn4-c4cccc(OCCN(C)C)c4)c4ccccc43)cn12. The first kappa shape index (κ1) is 35.3. The van der Waals surface area contributed by atoms with Gasteiger partial charge in [-0.3, -0.25) is 9.72 Å². The highest BCUT2D eigenvalue weighted by atomic mass is 16.5. The maximum atomic E-state index is 13.7. The van der Waals surface area contributed by atoms with Gasteiger partial charge >= 0.3 is 6.03 Å². The molecule has 13 heteroatoms. The first-order valence-electron chi connectivity index (χ1n) is 18.0. The number of fused-ring (bicyclic) bond motifs is 2. The number of nitrogens with zero attached hydrogens (tertiary/aromatic N) is 7. The van der Waals surface area contributed by atoms with Crippen LogP contribution in [-0.2, 0) is 10.2 Å². The number of carbonyl (C=O) groups excluding carboxylic acids is 1. The van der Waals surface area contributed by atoms with Crippen LogP contribution in [0.1, 0.15) is 69.5 Å². The molecule has 1 fully saturated rings. The number of likely N-dealkylation sites (N-methyl/N-ethyl adjacent to an activating group) is 1. The lowest BCUT2D eigenvalue weighted by Gasteiger charge is -2.33. The summed E-state index contributed by atoms with van der Waals surface area (Å²) in [6.07, 6.45) is 3.22. The van der Waals surface area contributed by atoms with E-state index >= 15 is 0 Å². The number of aromatic nitrogens is 5. The molecule has 3 aromatic heterocycles. The fourth-order valence-corrected chi connectivity index (χ4v) is 6.73. The number of benzene rings is 2. The zero-order valence-electron chi connectivity index (χ0n) is 30.9. The highest BCUT2D eigenvalue weighted by Crippen LogP contribution is 2.39. The van der Waals surface area contributed by atoms with Crippen molar-refractivity contribution in [3.8, 4) is 17.2 Å². The first-order valence-corrected chi connectivity index (χ1v) is 18.0. The van der Waals surface area contributed by atoms with Crippen molar-refractivity contribution < 1.29 is 19.0 Å². The van der Waals surface area contributed by atoms with E-state index in [4.69, 9.17) is 19.3 Å². The predicted molar refractivity (Wildman–Crippen MR) is 201 cm³/mol. The molecule has 1 aliphatic carbocycles. The third-order valence-electron chi connectivity index (χ3n) is 9.59. The molecular weight excluding hydrogens is 658 g/mol. The second-order valence-corrected chi connectivity index (χ2v) is 14.9. The van der Waals surface area contributed by atoms with Crippen LogP contribution in [0.25, 0.3) is 11.3 Å². The normalized spacial score (nSPS) is 19.1. The molecule has 2 aliphatic rings. The smallest absolute Gasteiger partial charge is 0.320 e. The molecule has 7 rings (SSSR count). The van der Waals surface area contributed by atoms with E-state index in [1.54, 1.807) is 4.68 Å². The van der Waals surface area contributed by atoms with Gasteiger partial charge in [-0.1, -0.05) is 51.1 Å². The molecule has 0 radical (unpaired) electrons. The quantitative estimate of drug-likeness (QED) is 0.176. The second kappa shape index (κ2) is 14.8. The van der Waals surface area contributed by atoms with Gasteiger partial charge in [-0.25, -0.2) is 9.48 Å². The standard InChI is InChI=1S/C39H49N9O4/c1-26-25-50-20-19-46(26)38-43-42-35-17-14-29(24-47(35)38)52-33-16-15-32(30-12-7-8-13-31(30)33)40-37(49)41-36-23-34(39(2,3)4)44-48(36)27-10-9-11-28(22-27)51-21-18-45(5)6/h7-14,17,22-24,26,32-33H,15-16,18-21,25H2,1-6H3,(H2,40,41,49)/t26-,32-,33+/m0/s1. The Kier molecular flexibility index (Phi) is 10.1. The Hall–Kier alpha value is -5.14. The number of hydrogen-bond donors (Lipinski definition) is 2. The molecule has 274 valence electrons. The summed E-state index contributed by atoms with van der Waals surface area (Å²) in [4.78, 5) is 18.0. The van der Waals surface area contributed by atoms with E-state index < -0.39 is 0 Å². The Balaban J connectivity index is 1.07. The van der Waals surface area contributed by atoms with E-state index in [1.165, 1.54) is 0 Å². The molecule has 1 aliphatic heterocycles. The van der Waals surface area contributed by atoms with Gasteiger partial charge in [0, 0.05) is 30.6 Å². The van der Waals surface area contributed by atoms with Gasteiger partial charge in [0.15, 0.2) is 5.65 Å². The van der Waals surface area contributed by atoms with Gasteiger partial charge in [0.2, 0.25) is 5.95 Å². The molecule has 3 atom stereocenters. The van der Waals surface area contributed by atoms with Gasteiger partial charge in [-0.05, 0) is 69.3 Å². The number of anilines is 2. The van der Waals surface area contributed by atoms with Gasteiger partial charge in [-0.15, -0.1) is 10.2 Å². The summed E-state index contributed by atoms with van der Waals surface area (Å²) in [5.41, 5.74) is 4.28. The maximum Gasteiger partial charge on any atom is 0.320 e. The average Bonchev–Trinajstić information content (AvgIpc) is 3.74. The molecule has 0 spiro atoms. The number of carbonyl (C=O) groups is 1. The Labute approximate surface area is 304 Å².